The first-order chi connectivity index (χ1) is 14.9. The molecule has 1 aliphatic rings. The molecule has 0 unspecified atom stereocenters. The maximum Gasteiger partial charge on any atom is 0.356 e. The lowest BCUT2D eigenvalue weighted by Gasteiger charge is -2.34. The van der Waals surface area contributed by atoms with Crippen molar-refractivity contribution in [3.63, 3.8) is 0 Å². The molecule has 1 aliphatic heterocycles. The van der Waals surface area contributed by atoms with Crippen LogP contribution in [0, 0.1) is 0 Å². The van der Waals surface area contributed by atoms with Crippen LogP contribution in [-0.2, 0) is 6.54 Å². The molecular weight excluding hydrogens is 446 g/mol. The Morgan fingerprint density at radius 1 is 1.19 bits per heavy atom. The summed E-state index contributed by atoms with van der Waals surface area (Å²) in [6.07, 6.45) is 0. The number of β-amino-alcohol motifs (C(OH)–C–C–N with tert-alkyl or cyclic N) is 1. The first-order valence-electron chi connectivity index (χ1n) is 9.59. The third kappa shape index (κ3) is 4.79. The second-order valence-corrected chi connectivity index (χ2v) is 8.74. The van der Waals surface area contributed by atoms with Gasteiger partial charge in [-0.05, 0) is 12.1 Å². The molecule has 10 nitrogen and oxygen atoms in total. The maximum atomic E-state index is 13.1. The summed E-state index contributed by atoms with van der Waals surface area (Å²) in [5.41, 5.74) is 0.467. The smallest absolute Gasteiger partial charge is 0.356 e. The predicted octanol–water partition coefficient (Wildman–Crippen LogP) is 1.75. The Labute approximate surface area is 186 Å². The van der Waals surface area contributed by atoms with E-state index < -0.39 is 5.97 Å². The molecule has 4 heterocycles. The van der Waals surface area contributed by atoms with Gasteiger partial charge < -0.3 is 19.6 Å². The lowest BCUT2D eigenvalue weighted by atomic mass is 10.2. The van der Waals surface area contributed by atoms with Gasteiger partial charge in [0, 0.05) is 44.9 Å². The first kappa shape index (κ1) is 21.5. The number of carbonyl (C=O) groups is 2. The van der Waals surface area contributed by atoms with Gasteiger partial charge in [-0.2, -0.15) is 5.10 Å². The number of hydrogen-bond donors (Lipinski definition) is 2. The molecule has 3 aromatic heterocycles. The summed E-state index contributed by atoms with van der Waals surface area (Å²) in [6.45, 7) is 2.97. The number of carboxylic acid groups (broad SMARTS) is 1. The summed E-state index contributed by atoms with van der Waals surface area (Å²) in [7, 11) is 0. The van der Waals surface area contributed by atoms with Crippen molar-refractivity contribution in [2.45, 2.75) is 6.54 Å². The van der Waals surface area contributed by atoms with Crippen molar-refractivity contribution in [1.29, 1.82) is 0 Å². The van der Waals surface area contributed by atoms with E-state index in [1.165, 1.54) is 22.1 Å². The maximum absolute atomic E-state index is 13.1. The van der Waals surface area contributed by atoms with Gasteiger partial charge in [-0.15, -0.1) is 11.3 Å². The van der Waals surface area contributed by atoms with Crippen LogP contribution in [0.25, 0.3) is 10.6 Å². The first-order valence-corrected chi connectivity index (χ1v) is 10.8. The van der Waals surface area contributed by atoms with Crippen molar-refractivity contribution in [3.8, 4) is 10.6 Å². The Kier molecular flexibility index (Phi) is 6.37. The van der Waals surface area contributed by atoms with E-state index in [4.69, 9.17) is 21.2 Å². The monoisotopic (exact) mass is 465 g/mol. The van der Waals surface area contributed by atoms with Crippen molar-refractivity contribution in [2.75, 3.05) is 39.3 Å². The van der Waals surface area contributed by atoms with Crippen LogP contribution in [0.1, 0.15) is 26.7 Å². The van der Waals surface area contributed by atoms with Crippen molar-refractivity contribution in [3.05, 3.63) is 45.7 Å². The van der Waals surface area contributed by atoms with Gasteiger partial charge in [-0.3, -0.25) is 14.4 Å². The highest BCUT2D eigenvalue weighted by Crippen LogP contribution is 2.31. The van der Waals surface area contributed by atoms with Crippen molar-refractivity contribution >= 4 is 34.8 Å². The average molecular weight is 466 g/mol. The van der Waals surface area contributed by atoms with E-state index in [0.717, 1.165) is 4.88 Å². The number of aliphatic hydroxyl groups excluding tert-OH is 1. The standard InChI is InChI=1S/C19H20ClN5O5S/c20-17-2-1-16(31-17)15-9-12(22-30-15)11-25-14(10-13(21-25)19(28)29)18(27)24-5-3-23(4-6-24)7-8-26/h1-2,9-10,26H,3-8,11H2,(H,28,29). The normalized spacial score (nSPS) is 14.8. The number of hydrogen-bond acceptors (Lipinski definition) is 8. The summed E-state index contributed by atoms with van der Waals surface area (Å²) < 4.78 is 7.33. The Morgan fingerprint density at radius 3 is 2.61 bits per heavy atom. The van der Waals surface area contributed by atoms with Gasteiger partial charge in [0.25, 0.3) is 5.91 Å². The van der Waals surface area contributed by atoms with Gasteiger partial charge in [-0.1, -0.05) is 16.8 Å². The van der Waals surface area contributed by atoms with E-state index in [1.807, 2.05) is 6.07 Å². The molecule has 0 bridgehead atoms. The van der Waals surface area contributed by atoms with Gasteiger partial charge in [0.15, 0.2) is 11.5 Å². The van der Waals surface area contributed by atoms with Crippen molar-refractivity contribution < 1.29 is 24.3 Å². The number of carbonyl (C=O) groups excluding carboxylic acids is 1. The number of aliphatic hydroxyl groups is 1. The van der Waals surface area contributed by atoms with Gasteiger partial charge in [0.1, 0.15) is 11.4 Å². The fourth-order valence-corrected chi connectivity index (χ4v) is 4.39. The quantitative estimate of drug-likeness (QED) is 0.540. The summed E-state index contributed by atoms with van der Waals surface area (Å²) in [5.74, 6) is -0.975. The summed E-state index contributed by atoms with van der Waals surface area (Å²) in [6, 6.07) is 6.57. The molecule has 2 N–H and O–H groups in total. The SMILES string of the molecule is O=C(O)c1cc(C(=O)N2CCN(CCO)CC2)n(Cc2cc(-c3ccc(Cl)s3)on2)n1. The number of aromatic nitrogens is 3. The lowest BCUT2D eigenvalue weighted by molar-refractivity contribution is 0.0603. The largest absolute Gasteiger partial charge is 0.476 e. The molecule has 31 heavy (non-hydrogen) atoms. The van der Waals surface area contributed by atoms with Crippen LogP contribution in [0.3, 0.4) is 0 Å². The van der Waals surface area contributed by atoms with E-state index in [0.29, 0.717) is 48.5 Å². The molecule has 0 saturated carbocycles. The highest BCUT2D eigenvalue weighted by atomic mass is 35.5. The van der Waals surface area contributed by atoms with Gasteiger partial charge >= 0.3 is 5.97 Å². The summed E-state index contributed by atoms with van der Waals surface area (Å²) in [4.78, 5) is 29.1. The van der Waals surface area contributed by atoms with Crippen LogP contribution in [-0.4, -0.2) is 86.2 Å². The van der Waals surface area contributed by atoms with E-state index in [9.17, 15) is 14.7 Å². The molecule has 12 heteroatoms. The third-order valence-corrected chi connectivity index (χ3v) is 6.23. The molecule has 0 spiro atoms. The molecule has 1 amide bonds. The molecule has 0 radical (unpaired) electrons. The second-order valence-electron chi connectivity index (χ2n) is 7.02. The number of rotatable bonds is 7. The minimum Gasteiger partial charge on any atom is -0.476 e. The topological polar surface area (TPSA) is 125 Å². The zero-order valence-corrected chi connectivity index (χ0v) is 18.0. The zero-order chi connectivity index (χ0) is 22.0. The zero-order valence-electron chi connectivity index (χ0n) is 16.4. The highest BCUT2D eigenvalue weighted by Gasteiger charge is 2.27. The number of aromatic carboxylic acids is 1. The minimum atomic E-state index is -1.21. The molecule has 4 rings (SSSR count). The van der Waals surface area contributed by atoms with Crippen LogP contribution in [0.15, 0.2) is 28.8 Å². The third-order valence-electron chi connectivity index (χ3n) is 4.98. The predicted molar refractivity (Wildman–Crippen MR) is 113 cm³/mol. The van der Waals surface area contributed by atoms with Crippen LogP contribution >= 0.6 is 22.9 Å². The number of thiophene rings is 1. The lowest BCUT2D eigenvalue weighted by Crippen LogP contribution is -2.49. The van der Waals surface area contributed by atoms with Crippen LogP contribution < -0.4 is 0 Å². The molecule has 164 valence electrons. The fraction of sp³-hybridized carbons (Fsp3) is 0.368. The molecule has 1 saturated heterocycles. The molecule has 0 atom stereocenters. The summed E-state index contributed by atoms with van der Waals surface area (Å²) >= 11 is 7.31. The number of nitrogens with zero attached hydrogens (tertiary/aromatic N) is 5. The van der Waals surface area contributed by atoms with Crippen molar-refractivity contribution in [2.24, 2.45) is 0 Å². The second kappa shape index (κ2) is 9.18. The highest BCUT2D eigenvalue weighted by molar-refractivity contribution is 7.19. The van der Waals surface area contributed by atoms with Crippen LogP contribution in [0.2, 0.25) is 4.34 Å². The number of piperazine rings is 1. The molecular formula is C19H20ClN5O5S. The van der Waals surface area contributed by atoms with E-state index in [2.05, 4.69) is 15.2 Å². The average Bonchev–Trinajstić information content (AvgIpc) is 3.48. The molecule has 3 aromatic rings. The molecule has 0 aromatic carbocycles. The number of amides is 1. The van der Waals surface area contributed by atoms with E-state index in [-0.39, 0.29) is 30.4 Å². The molecule has 1 fully saturated rings. The Hall–Kier alpha value is -2.73. The van der Waals surface area contributed by atoms with Gasteiger partial charge in [0.05, 0.1) is 22.4 Å². The number of carboxylic acids is 1. The van der Waals surface area contributed by atoms with Crippen LogP contribution in [0.5, 0.6) is 0 Å². The van der Waals surface area contributed by atoms with E-state index >= 15 is 0 Å². The van der Waals surface area contributed by atoms with Gasteiger partial charge in [-0.25, -0.2) is 4.79 Å². The van der Waals surface area contributed by atoms with Crippen LogP contribution in [0.4, 0.5) is 0 Å². The minimum absolute atomic E-state index is 0.0695. The number of halogens is 1. The summed E-state index contributed by atoms with van der Waals surface area (Å²) in [5, 5.41) is 26.5. The fourth-order valence-electron chi connectivity index (χ4n) is 3.39. The Balaban J connectivity index is 1.54. The van der Waals surface area contributed by atoms with Gasteiger partial charge in [0.2, 0.25) is 0 Å². The Bertz CT molecular complexity index is 1090. The van der Waals surface area contributed by atoms with E-state index in [1.54, 1.807) is 17.0 Å². The Morgan fingerprint density at radius 2 is 1.97 bits per heavy atom. The van der Waals surface area contributed by atoms with Crippen molar-refractivity contribution in [1.82, 2.24) is 24.7 Å². The molecule has 0 aliphatic carbocycles.